The Kier molecular flexibility index (Phi) is 6.82. The van der Waals surface area contributed by atoms with Crippen LogP contribution in [0.1, 0.15) is 36.5 Å². The molecule has 2 aliphatic rings. The maximum absolute atomic E-state index is 12.7. The first-order valence-electron chi connectivity index (χ1n) is 9.65. The molecule has 0 spiro atoms. The highest BCUT2D eigenvalue weighted by Crippen LogP contribution is 2.19. The molecule has 1 amide bonds. The number of anilines is 1. The van der Waals surface area contributed by atoms with Gasteiger partial charge in [-0.1, -0.05) is 6.92 Å². The van der Waals surface area contributed by atoms with Crippen molar-refractivity contribution in [2.45, 2.75) is 38.3 Å². The number of carbonyl (C=O) groups excluding carboxylic acids is 1. The second kappa shape index (κ2) is 9.30. The maximum atomic E-state index is 12.7. The summed E-state index contributed by atoms with van der Waals surface area (Å²) in [5.74, 6) is 0.743. The van der Waals surface area contributed by atoms with Gasteiger partial charge in [0.15, 0.2) is 0 Å². The number of rotatable bonds is 6. The minimum absolute atomic E-state index is 0.0109. The molecule has 2 fully saturated rings. The van der Waals surface area contributed by atoms with Gasteiger partial charge in [0.2, 0.25) is 0 Å². The van der Waals surface area contributed by atoms with Gasteiger partial charge in [-0.05, 0) is 31.4 Å². The van der Waals surface area contributed by atoms with Crippen molar-refractivity contribution in [3.05, 3.63) is 23.9 Å². The van der Waals surface area contributed by atoms with Crippen LogP contribution in [0.15, 0.2) is 18.3 Å². The topological polar surface area (TPSA) is 77.9 Å². The van der Waals surface area contributed by atoms with Gasteiger partial charge in [-0.25, -0.2) is 4.98 Å². The molecule has 1 aromatic rings. The molecule has 2 N–H and O–H groups in total. The van der Waals surface area contributed by atoms with Crippen LogP contribution in [-0.4, -0.2) is 83.9 Å². The second-order valence-corrected chi connectivity index (χ2v) is 7.04. The van der Waals surface area contributed by atoms with Crippen LogP contribution in [-0.2, 0) is 4.74 Å². The first-order valence-corrected chi connectivity index (χ1v) is 9.65. The van der Waals surface area contributed by atoms with E-state index in [4.69, 9.17) is 4.74 Å². The SMILES string of the molecule is CC[C@@H](CO)Nc1ccc(C(=O)N2CCC(N3CCOCC3)CC2)cn1. The van der Waals surface area contributed by atoms with E-state index in [1.54, 1.807) is 6.20 Å². The molecule has 3 rings (SSSR count). The molecule has 0 radical (unpaired) electrons. The summed E-state index contributed by atoms with van der Waals surface area (Å²) in [4.78, 5) is 21.5. The van der Waals surface area contributed by atoms with Crippen molar-refractivity contribution < 1.29 is 14.6 Å². The van der Waals surface area contributed by atoms with Crippen molar-refractivity contribution in [1.29, 1.82) is 0 Å². The molecular formula is C19H30N4O3. The second-order valence-electron chi connectivity index (χ2n) is 7.04. The number of ether oxygens (including phenoxy) is 1. The molecule has 1 aromatic heterocycles. The molecule has 3 heterocycles. The Balaban J connectivity index is 1.51. The zero-order valence-electron chi connectivity index (χ0n) is 15.6. The number of morpholine rings is 1. The third kappa shape index (κ3) is 4.72. The summed E-state index contributed by atoms with van der Waals surface area (Å²) in [7, 11) is 0. The van der Waals surface area contributed by atoms with Gasteiger partial charge in [-0.2, -0.15) is 0 Å². The molecule has 0 saturated carbocycles. The highest BCUT2D eigenvalue weighted by atomic mass is 16.5. The number of nitrogens with zero attached hydrogens (tertiary/aromatic N) is 3. The number of likely N-dealkylation sites (tertiary alicyclic amines) is 1. The first-order chi connectivity index (χ1) is 12.7. The molecule has 0 aliphatic carbocycles. The zero-order valence-corrected chi connectivity index (χ0v) is 15.6. The van der Waals surface area contributed by atoms with Crippen LogP contribution in [0.25, 0.3) is 0 Å². The summed E-state index contributed by atoms with van der Waals surface area (Å²) in [5.41, 5.74) is 0.623. The molecule has 0 aromatic carbocycles. The van der Waals surface area contributed by atoms with Crippen LogP contribution in [0.4, 0.5) is 5.82 Å². The highest BCUT2D eigenvalue weighted by Gasteiger charge is 2.28. The minimum atomic E-state index is -0.0109. The van der Waals surface area contributed by atoms with E-state index in [9.17, 15) is 9.90 Å². The molecule has 1 atom stereocenters. The van der Waals surface area contributed by atoms with E-state index in [0.717, 1.165) is 58.7 Å². The molecule has 7 nitrogen and oxygen atoms in total. The van der Waals surface area contributed by atoms with Crippen LogP contribution in [0, 0.1) is 0 Å². The van der Waals surface area contributed by atoms with Gasteiger partial charge in [0.25, 0.3) is 5.91 Å². The van der Waals surface area contributed by atoms with Crippen molar-refractivity contribution in [1.82, 2.24) is 14.8 Å². The highest BCUT2D eigenvalue weighted by molar-refractivity contribution is 5.94. The fourth-order valence-electron chi connectivity index (χ4n) is 3.65. The van der Waals surface area contributed by atoms with Gasteiger partial charge in [0.1, 0.15) is 5.82 Å². The molecule has 0 bridgehead atoms. The van der Waals surface area contributed by atoms with Crippen molar-refractivity contribution in [3.63, 3.8) is 0 Å². The van der Waals surface area contributed by atoms with Crippen LogP contribution < -0.4 is 5.32 Å². The average molecular weight is 362 g/mol. The Bertz CT molecular complexity index is 563. The summed E-state index contributed by atoms with van der Waals surface area (Å²) < 4.78 is 5.42. The summed E-state index contributed by atoms with van der Waals surface area (Å²) in [6, 6.07) is 4.18. The molecule has 2 saturated heterocycles. The van der Waals surface area contributed by atoms with E-state index in [0.29, 0.717) is 17.4 Å². The van der Waals surface area contributed by atoms with Crippen LogP contribution in [0.5, 0.6) is 0 Å². The predicted octanol–water partition coefficient (Wildman–Crippen LogP) is 1.20. The van der Waals surface area contributed by atoms with Gasteiger partial charge < -0.3 is 20.1 Å². The third-order valence-electron chi connectivity index (χ3n) is 5.39. The van der Waals surface area contributed by atoms with Gasteiger partial charge in [-0.3, -0.25) is 9.69 Å². The molecule has 2 aliphatic heterocycles. The van der Waals surface area contributed by atoms with E-state index in [-0.39, 0.29) is 18.6 Å². The van der Waals surface area contributed by atoms with E-state index in [2.05, 4.69) is 15.2 Å². The summed E-state index contributed by atoms with van der Waals surface area (Å²) in [6.45, 7) is 7.31. The Morgan fingerprint density at radius 1 is 1.31 bits per heavy atom. The lowest BCUT2D eigenvalue weighted by atomic mass is 10.0. The monoisotopic (exact) mass is 362 g/mol. The van der Waals surface area contributed by atoms with E-state index in [1.165, 1.54) is 0 Å². The van der Waals surface area contributed by atoms with Crippen LogP contribution >= 0.6 is 0 Å². The number of pyridine rings is 1. The number of piperidine rings is 1. The lowest BCUT2D eigenvalue weighted by Crippen LogP contribution is -2.50. The lowest BCUT2D eigenvalue weighted by Gasteiger charge is -2.40. The predicted molar refractivity (Wildman–Crippen MR) is 100 cm³/mol. The Morgan fingerprint density at radius 3 is 2.62 bits per heavy atom. The van der Waals surface area contributed by atoms with Gasteiger partial charge >= 0.3 is 0 Å². The minimum Gasteiger partial charge on any atom is -0.394 e. The van der Waals surface area contributed by atoms with Crippen molar-refractivity contribution in [3.8, 4) is 0 Å². The number of carbonyl (C=O) groups is 1. The fraction of sp³-hybridized carbons (Fsp3) is 0.684. The van der Waals surface area contributed by atoms with Gasteiger partial charge in [0.05, 0.1) is 31.4 Å². The maximum Gasteiger partial charge on any atom is 0.255 e. The fourth-order valence-corrected chi connectivity index (χ4v) is 3.65. The first kappa shape index (κ1) is 19.1. The summed E-state index contributed by atoms with van der Waals surface area (Å²) in [6.07, 6.45) is 4.49. The summed E-state index contributed by atoms with van der Waals surface area (Å²) >= 11 is 0. The van der Waals surface area contributed by atoms with Crippen molar-refractivity contribution in [2.75, 3.05) is 51.3 Å². The van der Waals surface area contributed by atoms with E-state index >= 15 is 0 Å². The normalized spacial score (nSPS) is 20.8. The third-order valence-corrected chi connectivity index (χ3v) is 5.39. The molecule has 26 heavy (non-hydrogen) atoms. The van der Waals surface area contributed by atoms with Crippen LogP contribution in [0.3, 0.4) is 0 Å². The quantitative estimate of drug-likeness (QED) is 0.792. The number of aliphatic hydroxyl groups is 1. The van der Waals surface area contributed by atoms with E-state index in [1.807, 2.05) is 24.0 Å². The molecule has 0 unspecified atom stereocenters. The number of hydrogen-bond donors (Lipinski definition) is 2. The Hall–Kier alpha value is -1.70. The van der Waals surface area contributed by atoms with Gasteiger partial charge in [0, 0.05) is 38.4 Å². The van der Waals surface area contributed by atoms with E-state index < -0.39 is 0 Å². The largest absolute Gasteiger partial charge is 0.394 e. The average Bonchev–Trinajstić information content (AvgIpc) is 2.72. The smallest absolute Gasteiger partial charge is 0.255 e. The standard InChI is InChI=1S/C19H30N4O3/c1-2-16(14-24)21-18-4-3-15(13-20-18)19(25)23-7-5-17(6-8-23)22-9-11-26-12-10-22/h3-4,13,16-17,24H,2,5-12,14H2,1H3,(H,20,21)/t16-/m0/s1. The number of aliphatic hydroxyl groups excluding tert-OH is 1. The van der Waals surface area contributed by atoms with Crippen LogP contribution in [0.2, 0.25) is 0 Å². The number of hydrogen-bond acceptors (Lipinski definition) is 6. The molecule has 144 valence electrons. The van der Waals surface area contributed by atoms with Crippen molar-refractivity contribution >= 4 is 11.7 Å². The van der Waals surface area contributed by atoms with Gasteiger partial charge in [-0.15, -0.1) is 0 Å². The lowest BCUT2D eigenvalue weighted by molar-refractivity contribution is 0.00158. The molecule has 7 heteroatoms. The van der Waals surface area contributed by atoms with Crippen molar-refractivity contribution in [2.24, 2.45) is 0 Å². The summed E-state index contributed by atoms with van der Waals surface area (Å²) in [5, 5.41) is 12.4. The zero-order chi connectivity index (χ0) is 18.4. The number of nitrogens with one attached hydrogen (secondary N) is 1. The molecular weight excluding hydrogens is 332 g/mol. The number of aromatic nitrogens is 1. The number of amides is 1. The Labute approximate surface area is 155 Å². The Morgan fingerprint density at radius 2 is 2.04 bits per heavy atom.